The number of halogens is 1. The molecule has 0 amide bonds. The van der Waals surface area contributed by atoms with E-state index in [4.69, 9.17) is 5.26 Å². The summed E-state index contributed by atoms with van der Waals surface area (Å²) >= 11 is 3.44. The van der Waals surface area contributed by atoms with Crippen LogP contribution in [0.15, 0.2) is 22.7 Å². The molecule has 2 nitrogen and oxygen atoms in total. The van der Waals surface area contributed by atoms with Crippen molar-refractivity contribution in [3.05, 3.63) is 28.2 Å². The number of fused-ring (bicyclic) bond motifs is 1. The molecule has 2 saturated carbocycles. The van der Waals surface area contributed by atoms with Gasteiger partial charge in [-0.2, -0.15) is 5.26 Å². The highest BCUT2D eigenvalue weighted by Gasteiger charge is 2.45. The lowest BCUT2D eigenvalue weighted by Crippen LogP contribution is -2.25. The first kappa shape index (κ1) is 11.1. The Kier molecular flexibility index (Phi) is 2.84. The van der Waals surface area contributed by atoms with Crippen molar-refractivity contribution in [2.75, 3.05) is 5.32 Å². The topological polar surface area (TPSA) is 35.8 Å². The van der Waals surface area contributed by atoms with E-state index < -0.39 is 0 Å². The van der Waals surface area contributed by atoms with Gasteiger partial charge in [0, 0.05) is 16.2 Å². The van der Waals surface area contributed by atoms with Crippen molar-refractivity contribution in [3.63, 3.8) is 0 Å². The zero-order valence-corrected chi connectivity index (χ0v) is 11.2. The molecule has 3 atom stereocenters. The van der Waals surface area contributed by atoms with Gasteiger partial charge in [-0.3, -0.25) is 0 Å². The van der Waals surface area contributed by atoms with Crippen molar-refractivity contribution in [2.24, 2.45) is 11.8 Å². The zero-order valence-electron chi connectivity index (χ0n) is 9.62. The summed E-state index contributed by atoms with van der Waals surface area (Å²) < 4.78 is 0.883. The molecule has 0 heterocycles. The first-order chi connectivity index (χ1) is 8.28. The van der Waals surface area contributed by atoms with Gasteiger partial charge in [-0.1, -0.05) is 12.8 Å². The third-order valence-electron chi connectivity index (χ3n) is 4.03. The van der Waals surface area contributed by atoms with Crippen molar-refractivity contribution in [1.82, 2.24) is 0 Å². The summed E-state index contributed by atoms with van der Waals surface area (Å²) in [6.07, 6.45) is 5.49. The second-order valence-corrected chi connectivity index (χ2v) is 6.00. The van der Waals surface area contributed by atoms with Crippen molar-refractivity contribution in [3.8, 4) is 6.07 Å². The molecule has 1 aromatic carbocycles. The van der Waals surface area contributed by atoms with E-state index in [-0.39, 0.29) is 0 Å². The van der Waals surface area contributed by atoms with Gasteiger partial charge in [-0.05, 0) is 58.8 Å². The molecule has 0 bridgehead atoms. The van der Waals surface area contributed by atoms with Crippen LogP contribution < -0.4 is 5.32 Å². The number of nitriles is 1. The molecule has 88 valence electrons. The lowest BCUT2D eigenvalue weighted by molar-refractivity contribution is 0.440. The molecule has 0 aliphatic heterocycles. The maximum absolute atomic E-state index is 8.88. The summed E-state index contributed by atoms with van der Waals surface area (Å²) in [6.45, 7) is 0. The Hall–Kier alpha value is -1.01. The summed E-state index contributed by atoms with van der Waals surface area (Å²) in [7, 11) is 0. The average Bonchev–Trinajstić information content (AvgIpc) is 3.09. The number of hydrogen-bond donors (Lipinski definition) is 1. The van der Waals surface area contributed by atoms with Crippen LogP contribution in [0.3, 0.4) is 0 Å². The minimum atomic E-state index is 0.647. The van der Waals surface area contributed by atoms with Crippen LogP contribution in [0.4, 0.5) is 5.69 Å². The average molecular weight is 291 g/mol. The fourth-order valence-electron chi connectivity index (χ4n) is 3.00. The normalized spacial score (nSPS) is 30.2. The lowest BCUT2D eigenvalue weighted by atomic mass is 9.95. The van der Waals surface area contributed by atoms with Gasteiger partial charge < -0.3 is 5.32 Å². The molecule has 2 aliphatic carbocycles. The third kappa shape index (κ3) is 2.19. The summed E-state index contributed by atoms with van der Waals surface area (Å²) in [4.78, 5) is 0. The van der Waals surface area contributed by atoms with Crippen LogP contribution in [0.5, 0.6) is 0 Å². The molecule has 2 aliphatic rings. The molecule has 3 rings (SSSR count). The van der Waals surface area contributed by atoms with Crippen LogP contribution in [-0.2, 0) is 0 Å². The van der Waals surface area contributed by atoms with Crippen molar-refractivity contribution < 1.29 is 0 Å². The van der Waals surface area contributed by atoms with Gasteiger partial charge >= 0.3 is 0 Å². The zero-order chi connectivity index (χ0) is 11.8. The number of rotatable bonds is 2. The summed E-state index contributed by atoms with van der Waals surface area (Å²) in [5, 5.41) is 12.5. The largest absolute Gasteiger partial charge is 0.382 e. The second-order valence-electron chi connectivity index (χ2n) is 5.15. The van der Waals surface area contributed by atoms with Gasteiger partial charge in [-0.25, -0.2) is 0 Å². The number of anilines is 1. The summed E-state index contributed by atoms with van der Waals surface area (Å²) in [5.41, 5.74) is 1.83. The van der Waals surface area contributed by atoms with Crippen molar-refractivity contribution >= 4 is 21.6 Å². The van der Waals surface area contributed by atoms with Crippen LogP contribution in [0.25, 0.3) is 0 Å². The van der Waals surface area contributed by atoms with Gasteiger partial charge in [0.2, 0.25) is 0 Å². The number of nitrogens with one attached hydrogen (secondary N) is 1. The summed E-state index contributed by atoms with van der Waals surface area (Å²) in [5.74, 6) is 1.89. The monoisotopic (exact) mass is 290 g/mol. The molecule has 2 fully saturated rings. The Morgan fingerprint density at radius 1 is 1.35 bits per heavy atom. The second kappa shape index (κ2) is 4.34. The highest BCUT2D eigenvalue weighted by Crippen LogP contribution is 2.50. The minimum absolute atomic E-state index is 0.647. The first-order valence-electron chi connectivity index (χ1n) is 6.24. The van der Waals surface area contributed by atoms with E-state index in [9.17, 15) is 0 Å². The molecule has 0 saturated heterocycles. The summed E-state index contributed by atoms with van der Waals surface area (Å²) in [6, 6.07) is 8.72. The van der Waals surface area contributed by atoms with Gasteiger partial charge in [0.05, 0.1) is 5.56 Å². The van der Waals surface area contributed by atoms with E-state index in [1.165, 1.54) is 25.7 Å². The molecule has 17 heavy (non-hydrogen) atoms. The predicted molar refractivity (Wildman–Crippen MR) is 71.7 cm³/mol. The molecule has 1 aromatic rings. The molecular formula is C14H15BrN2. The molecule has 1 N–H and O–H groups in total. The minimum Gasteiger partial charge on any atom is -0.382 e. The Morgan fingerprint density at radius 2 is 2.24 bits per heavy atom. The molecule has 0 spiro atoms. The Morgan fingerprint density at radius 3 is 3.00 bits per heavy atom. The van der Waals surface area contributed by atoms with Crippen LogP contribution in [-0.4, -0.2) is 6.04 Å². The highest BCUT2D eigenvalue weighted by atomic mass is 79.9. The molecule has 0 radical (unpaired) electrons. The van der Waals surface area contributed by atoms with E-state index >= 15 is 0 Å². The Bertz CT molecular complexity index is 478. The fourth-order valence-corrected chi connectivity index (χ4v) is 3.47. The maximum Gasteiger partial charge on any atom is 0.100 e. The quantitative estimate of drug-likeness (QED) is 0.896. The third-order valence-corrected chi connectivity index (χ3v) is 4.68. The van der Waals surface area contributed by atoms with Crippen molar-refractivity contribution in [2.45, 2.75) is 31.7 Å². The maximum atomic E-state index is 8.88. The number of hydrogen-bond acceptors (Lipinski definition) is 2. The fraction of sp³-hybridized carbons (Fsp3) is 0.500. The first-order valence-corrected chi connectivity index (χ1v) is 7.03. The standard InChI is InChI=1S/C14H15BrN2/c15-13-7-11(5-4-10(13)8-16)17-14-3-1-2-9-6-12(9)14/h4-5,7,9,12,14,17H,1-3,6H2/t9-,12+,14?/m0/s1. The molecule has 0 aromatic heterocycles. The van der Waals surface area contributed by atoms with Gasteiger partial charge in [-0.15, -0.1) is 0 Å². The van der Waals surface area contributed by atoms with Crippen LogP contribution in [0.2, 0.25) is 0 Å². The molecule has 1 unspecified atom stereocenters. The predicted octanol–water partition coefficient (Wildman–Crippen LogP) is 3.92. The Labute approximate surface area is 110 Å². The van der Waals surface area contributed by atoms with E-state index in [1.54, 1.807) is 0 Å². The lowest BCUT2D eigenvalue weighted by Gasteiger charge is -2.24. The SMILES string of the molecule is N#Cc1ccc(NC2CCC[C@H]3C[C@@H]23)cc1Br. The number of nitrogens with zero attached hydrogens (tertiary/aromatic N) is 1. The van der Waals surface area contributed by atoms with E-state index in [1.807, 2.05) is 18.2 Å². The molecule has 3 heteroatoms. The van der Waals surface area contributed by atoms with Gasteiger partial charge in [0.15, 0.2) is 0 Å². The van der Waals surface area contributed by atoms with Gasteiger partial charge in [0.25, 0.3) is 0 Å². The van der Waals surface area contributed by atoms with Crippen LogP contribution in [0.1, 0.15) is 31.2 Å². The van der Waals surface area contributed by atoms with E-state index in [0.29, 0.717) is 11.6 Å². The molecular weight excluding hydrogens is 276 g/mol. The van der Waals surface area contributed by atoms with Crippen LogP contribution >= 0.6 is 15.9 Å². The Balaban J connectivity index is 1.73. The van der Waals surface area contributed by atoms with Gasteiger partial charge in [0.1, 0.15) is 6.07 Å². The smallest absolute Gasteiger partial charge is 0.100 e. The van der Waals surface area contributed by atoms with E-state index in [0.717, 1.165) is 22.0 Å². The highest BCUT2D eigenvalue weighted by molar-refractivity contribution is 9.10. The van der Waals surface area contributed by atoms with Crippen LogP contribution in [0, 0.1) is 23.2 Å². The van der Waals surface area contributed by atoms with E-state index in [2.05, 4.69) is 27.3 Å². The van der Waals surface area contributed by atoms with Crippen molar-refractivity contribution in [1.29, 1.82) is 5.26 Å². The number of benzene rings is 1.